The Morgan fingerprint density at radius 3 is 1.88 bits per heavy atom. The second-order valence-corrected chi connectivity index (χ2v) is 8.90. The zero-order chi connectivity index (χ0) is 26.4. The Bertz CT molecular complexity index is 701. The van der Waals surface area contributed by atoms with Gasteiger partial charge < -0.3 is 38.3 Å². The van der Waals surface area contributed by atoms with E-state index in [1.54, 1.807) is 20.8 Å². The van der Waals surface area contributed by atoms with Gasteiger partial charge in [0.2, 0.25) is 23.6 Å². The molecular formula is C22H42N6O6. The van der Waals surface area contributed by atoms with Crippen molar-refractivity contribution in [2.75, 3.05) is 6.54 Å². The lowest BCUT2D eigenvalue weighted by Crippen LogP contribution is -2.59. The molecule has 0 aliphatic rings. The molecule has 0 fully saturated rings. The number of rotatable bonds is 17. The largest absolute Gasteiger partial charge is 0.480 e. The monoisotopic (exact) mass is 486 g/mol. The van der Waals surface area contributed by atoms with E-state index >= 15 is 0 Å². The molecular weight excluding hydrogens is 444 g/mol. The molecule has 5 atom stereocenters. The van der Waals surface area contributed by atoms with E-state index in [1.165, 1.54) is 0 Å². The first kappa shape index (κ1) is 31.3. The molecule has 0 saturated heterocycles. The van der Waals surface area contributed by atoms with E-state index in [1.807, 2.05) is 6.92 Å². The Labute approximate surface area is 201 Å². The smallest absolute Gasteiger partial charge is 0.326 e. The molecule has 0 aromatic rings. The lowest BCUT2D eigenvalue weighted by molar-refractivity contribution is -0.143. The number of carboxylic acid groups (broad SMARTS) is 1. The SMILES string of the molecule is CCC(C)C(NC(=O)C(N)CCCCN)C(=O)NC(C(=O)NC(CCC(N)=O)C(=O)O)C(C)C. The summed E-state index contributed by atoms with van der Waals surface area (Å²) in [6.07, 6.45) is 2.02. The topological polar surface area (TPSA) is 220 Å². The Morgan fingerprint density at radius 2 is 1.41 bits per heavy atom. The highest BCUT2D eigenvalue weighted by atomic mass is 16.4. The van der Waals surface area contributed by atoms with Crippen LogP contribution in [0.15, 0.2) is 0 Å². The second-order valence-electron chi connectivity index (χ2n) is 8.90. The van der Waals surface area contributed by atoms with Crippen molar-refractivity contribution >= 4 is 29.6 Å². The molecule has 34 heavy (non-hydrogen) atoms. The van der Waals surface area contributed by atoms with Crippen molar-refractivity contribution in [1.29, 1.82) is 0 Å². The predicted molar refractivity (Wildman–Crippen MR) is 127 cm³/mol. The van der Waals surface area contributed by atoms with E-state index in [0.29, 0.717) is 25.8 Å². The van der Waals surface area contributed by atoms with E-state index in [-0.39, 0.29) is 24.7 Å². The van der Waals surface area contributed by atoms with Crippen molar-refractivity contribution in [2.45, 2.75) is 90.4 Å². The fourth-order valence-electron chi connectivity index (χ4n) is 3.19. The van der Waals surface area contributed by atoms with Gasteiger partial charge in [-0.3, -0.25) is 19.2 Å². The highest BCUT2D eigenvalue weighted by Gasteiger charge is 2.33. The molecule has 0 radical (unpaired) electrons. The maximum absolute atomic E-state index is 13.1. The first-order valence-corrected chi connectivity index (χ1v) is 11.7. The zero-order valence-electron chi connectivity index (χ0n) is 20.6. The third kappa shape index (κ3) is 11.4. The van der Waals surface area contributed by atoms with Gasteiger partial charge >= 0.3 is 5.97 Å². The number of carbonyl (C=O) groups excluding carboxylic acids is 4. The van der Waals surface area contributed by atoms with Gasteiger partial charge in [0, 0.05) is 6.42 Å². The summed E-state index contributed by atoms with van der Waals surface area (Å²) >= 11 is 0. The van der Waals surface area contributed by atoms with Gasteiger partial charge in [-0.2, -0.15) is 0 Å². The zero-order valence-corrected chi connectivity index (χ0v) is 20.6. The Hall–Kier alpha value is -2.73. The number of aliphatic carboxylic acids is 1. The molecule has 0 aromatic heterocycles. The molecule has 0 aromatic carbocycles. The van der Waals surface area contributed by atoms with Crippen LogP contribution in [0.25, 0.3) is 0 Å². The van der Waals surface area contributed by atoms with Crippen LogP contribution < -0.4 is 33.2 Å². The van der Waals surface area contributed by atoms with Gasteiger partial charge in [-0.25, -0.2) is 4.79 Å². The van der Waals surface area contributed by atoms with Crippen molar-refractivity contribution in [3.8, 4) is 0 Å². The molecule has 0 saturated carbocycles. The minimum atomic E-state index is -1.34. The third-order valence-corrected chi connectivity index (χ3v) is 5.64. The molecule has 4 amide bonds. The molecule has 5 unspecified atom stereocenters. The summed E-state index contributed by atoms with van der Waals surface area (Å²) in [4.78, 5) is 60.9. The Balaban J connectivity index is 5.39. The average molecular weight is 487 g/mol. The number of carbonyl (C=O) groups is 5. The number of nitrogens with two attached hydrogens (primary N) is 3. The summed E-state index contributed by atoms with van der Waals surface area (Å²) in [6, 6.07) is -4.13. The summed E-state index contributed by atoms with van der Waals surface area (Å²) in [7, 11) is 0. The predicted octanol–water partition coefficient (Wildman–Crippen LogP) is -1.05. The van der Waals surface area contributed by atoms with E-state index in [0.717, 1.165) is 6.42 Å². The van der Waals surface area contributed by atoms with Crippen LogP contribution in [0.4, 0.5) is 0 Å². The molecule has 0 heterocycles. The molecule has 196 valence electrons. The standard InChI is InChI=1S/C22H42N6O6/c1-5-13(4)18(28-19(30)14(24)8-6-7-11-23)21(32)27-17(12(2)3)20(31)26-15(22(33)34)9-10-16(25)29/h12-15,17-18H,5-11,23-24H2,1-4H3,(H2,25,29)(H,26,31)(H,27,32)(H,28,30)(H,33,34). The molecule has 12 nitrogen and oxygen atoms in total. The maximum Gasteiger partial charge on any atom is 0.326 e. The number of nitrogens with one attached hydrogen (secondary N) is 3. The van der Waals surface area contributed by atoms with Gasteiger partial charge in [-0.15, -0.1) is 0 Å². The molecule has 0 aliphatic carbocycles. The van der Waals surface area contributed by atoms with Crippen LogP contribution in [-0.4, -0.2) is 65.4 Å². The molecule has 0 spiro atoms. The number of hydrogen-bond acceptors (Lipinski definition) is 7. The van der Waals surface area contributed by atoms with Crippen LogP contribution in [0, 0.1) is 11.8 Å². The normalized spacial score (nSPS) is 15.5. The Morgan fingerprint density at radius 1 is 0.853 bits per heavy atom. The third-order valence-electron chi connectivity index (χ3n) is 5.64. The number of hydrogen-bond donors (Lipinski definition) is 7. The van der Waals surface area contributed by atoms with Gasteiger partial charge in [0.1, 0.15) is 18.1 Å². The molecule has 0 rings (SSSR count). The van der Waals surface area contributed by atoms with Crippen LogP contribution in [0.1, 0.15) is 66.2 Å². The van der Waals surface area contributed by atoms with Gasteiger partial charge in [0.25, 0.3) is 0 Å². The molecule has 10 N–H and O–H groups in total. The molecule has 0 bridgehead atoms. The fourth-order valence-corrected chi connectivity index (χ4v) is 3.19. The average Bonchev–Trinajstić information content (AvgIpc) is 2.76. The summed E-state index contributed by atoms with van der Waals surface area (Å²) in [5.41, 5.74) is 16.5. The van der Waals surface area contributed by atoms with Crippen LogP contribution in [0.2, 0.25) is 0 Å². The highest BCUT2D eigenvalue weighted by Crippen LogP contribution is 2.12. The summed E-state index contributed by atoms with van der Waals surface area (Å²) in [5.74, 6) is -4.41. The second kappa shape index (κ2) is 16.0. The van der Waals surface area contributed by atoms with Gasteiger partial charge in [-0.1, -0.05) is 40.5 Å². The molecule has 12 heteroatoms. The highest BCUT2D eigenvalue weighted by molar-refractivity contribution is 5.94. The van der Waals surface area contributed by atoms with Crippen molar-refractivity contribution in [2.24, 2.45) is 29.0 Å². The van der Waals surface area contributed by atoms with E-state index < -0.39 is 53.8 Å². The lowest BCUT2D eigenvalue weighted by Gasteiger charge is -2.29. The van der Waals surface area contributed by atoms with E-state index in [2.05, 4.69) is 16.0 Å². The van der Waals surface area contributed by atoms with Crippen molar-refractivity contribution < 1.29 is 29.1 Å². The van der Waals surface area contributed by atoms with Gasteiger partial charge in [0.15, 0.2) is 0 Å². The van der Waals surface area contributed by atoms with Crippen LogP contribution in [0.5, 0.6) is 0 Å². The van der Waals surface area contributed by atoms with Crippen LogP contribution in [0.3, 0.4) is 0 Å². The van der Waals surface area contributed by atoms with Crippen molar-refractivity contribution in [3.05, 3.63) is 0 Å². The molecule has 0 aliphatic heterocycles. The quantitative estimate of drug-likeness (QED) is 0.125. The van der Waals surface area contributed by atoms with E-state index in [9.17, 15) is 29.1 Å². The number of unbranched alkanes of at least 4 members (excludes halogenated alkanes) is 1. The number of amides is 4. The van der Waals surface area contributed by atoms with E-state index in [4.69, 9.17) is 17.2 Å². The number of carboxylic acids is 1. The van der Waals surface area contributed by atoms with Crippen molar-refractivity contribution in [1.82, 2.24) is 16.0 Å². The summed E-state index contributed by atoms with van der Waals surface area (Å²) in [6.45, 7) is 7.53. The number of primary amides is 1. The summed E-state index contributed by atoms with van der Waals surface area (Å²) < 4.78 is 0. The first-order chi connectivity index (χ1) is 15.8. The maximum atomic E-state index is 13.1. The lowest BCUT2D eigenvalue weighted by atomic mass is 9.95. The van der Waals surface area contributed by atoms with Gasteiger partial charge in [0.05, 0.1) is 6.04 Å². The van der Waals surface area contributed by atoms with Gasteiger partial charge in [-0.05, 0) is 37.6 Å². The van der Waals surface area contributed by atoms with Crippen LogP contribution in [-0.2, 0) is 24.0 Å². The summed E-state index contributed by atoms with van der Waals surface area (Å²) in [5, 5.41) is 17.0. The minimum absolute atomic E-state index is 0.178. The fraction of sp³-hybridized carbons (Fsp3) is 0.773. The van der Waals surface area contributed by atoms with Crippen LogP contribution >= 0.6 is 0 Å². The van der Waals surface area contributed by atoms with Crippen molar-refractivity contribution in [3.63, 3.8) is 0 Å². The minimum Gasteiger partial charge on any atom is -0.480 e. The Kier molecular flexibility index (Phi) is 14.7. The first-order valence-electron chi connectivity index (χ1n) is 11.7.